The summed E-state index contributed by atoms with van der Waals surface area (Å²) in [6, 6.07) is 12.9. The molecule has 0 bridgehead atoms. The highest BCUT2D eigenvalue weighted by Crippen LogP contribution is 2.32. The van der Waals surface area contributed by atoms with Crippen LogP contribution in [0.25, 0.3) is 22.6 Å². The van der Waals surface area contributed by atoms with E-state index in [1.165, 1.54) is 6.07 Å². The number of nitrogens with one attached hydrogen (secondary N) is 1. The van der Waals surface area contributed by atoms with E-state index in [0.717, 1.165) is 23.4 Å². The molecule has 0 aliphatic carbocycles. The van der Waals surface area contributed by atoms with Crippen molar-refractivity contribution in [1.29, 1.82) is 0 Å². The Morgan fingerprint density at radius 2 is 1.71 bits per heavy atom. The molecule has 24 heavy (non-hydrogen) atoms. The predicted molar refractivity (Wildman–Crippen MR) is 88.6 cm³/mol. The number of aromatic nitrogens is 2. The number of rotatable bonds is 3. The number of alkyl halides is 3. The van der Waals surface area contributed by atoms with Gasteiger partial charge in [-0.15, -0.1) is 0 Å². The van der Waals surface area contributed by atoms with Gasteiger partial charge in [0.2, 0.25) is 0 Å². The molecular formula is C18H16F3N3. The molecule has 0 aliphatic heterocycles. The third-order valence-electron chi connectivity index (χ3n) is 3.77. The van der Waals surface area contributed by atoms with Crippen molar-refractivity contribution in [3.63, 3.8) is 0 Å². The molecule has 124 valence electrons. The topological polar surface area (TPSA) is 29.9 Å². The van der Waals surface area contributed by atoms with Gasteiger partial charge in [-0.25, -0.2) is 4.98 Å². The molecule has 0 amide bonds. The molecule has 0 radical (unpaired) electrons. The summed E-state index contributed by atoms with van der Waals surface area (Å²) in [5, 5.41) is 3.06. The molecule has 3 aromatic rings. The Labute approximate surface area is 137 Å². The Kier molecular flexibility index (Phi) is 4.05. The normalized spacial score (nSPS) is 11.5. The SMILES string of the molecule is CNc1cccc(-c2nc(-c3cccc(C(F)(F)F)c3)cn2C)c1. The number of anilines is 1. The summed E-state index contributed by atoms with van der Waals surface area (Å²) in [4.78, 5) is 4.52. The Hall–Kier alpha value is -2.76. The number of nitrogens with zero attached hydrogens (tertiary/aromatic N) is 2. The van der Waals surface area contributed by atoms with Crippen molar-refractivity contribution in [3.05, 3.63) is 60.3 Å². The summed E-state index contributed by atoms with van der Waals surface area (Å²) >= 11 is 0. The van der Waals surface area contributed by atoms with Crippen LogP contribution in [0.1, 0.15) is 5.56 Å². The average molecular weight is 331 g/mol. The minimum absolute atomic E-state index is 0.441. The van der Waals surface area contributed by atoms with Crippen molar-refractivity contribution < 1.29 is 13.2 Å². The maximum atomic E-state index is 12.9. The molecule has 3 rings (SSSR count). The van der Waals surface area contributed by atoms with E-state index in [1.54, 1.807) is 12.3 Å². The Morgan fingerprint density at radius 3 is 2.42 bits per heavy atom. The van der Waals surface area contributed by atoms with E-state index in [0.29, 0.717) is 17.1 Å². The molecule has 0 atom stereocenters. The van der Waals surface area contributed by atoms with E-state index in [4.69, 9.17) is 0 Å². The summed E-state index contributed by atoms with van der Waals surface area (Å²) < 4.78 is 40.5. The lowest BCUT2D eigenvalue weighted by molar-refractivity contribution is -0.137. The molecule has 6 heteroatoms. The predicted octanol–water partition coefficient (Wildman–Crippen LogP) is 4.81. The van der Waals surface area contributed by atoms with Crippen molar-refractivity contribution in [2.24, 2.45) is 7.05 Å². The molecule has 0 saturated heterocycles. The van der Waals surface area contributed by atoms with Gasteiger partial charge < -0.3 is 9.88 Å². The molecule has 0 aliphatic rings. The van der Waals surface area contributed by atoms with Gasteiger partial charge in [0, 0.05) is 37.1 Å². The van der Waals surface area contributed by atoms with Crippen LogP contribution >= 0.6 is 0 Å². The first kappa shape index (κ1) is 16.1. The fourth-order valence-electron chi connectivity index (χ4n) is 2.54. The van der Waals surface area contributed by atoms with E-state index in [9.17, 15) is 13.2 Å². The zero-order valence-electron chi connectivity index (χ0n) is 13.2. The van der Waals surface area contributed by atoms with E-state index >= 15 is 0 Å². The third-order valence-corrected chi connectivity index (χ3v) is 3.77. The van der Waals surface area contributed by atoms with Crippen molar-refractivity contribution in [1.82, 2.24) is 9.55 Å². The molecule has 2 aromatic carbocycles. The second-order valence-electron chi connectivity index (χ2n) is 5.47. The number of benzene rings is 2. The van der Waals surface area contributed by atoms with Gasteiger partial charge in [0.15, 0.2) is 0 Å². The third kappa shape index (κ3) is 3.13. The van der Waals surface area contributed by atoms with Crippen molar-refractivity contribution in [2.45, 2.75) is 6.18 Å². The number of aryl methyl sites for hydroxylation is 1. The van der Waals surface area contributed by atoms with Crippen molar-refractivity contribution >= 4 is 5.69 Å². The van der Waals surface area contributed by atoms with Crippen molar-refractivity contribution in [2.75, 3.05) is 12.4 Å². The molecule has 0 spiro atoms. The van der Waals surface area contributed by atoms with Crippen LogP contribution < -0.4 is 5.32 Å². The van der Waals surface area contributed by atoms with E-state index in [2.05, 4.69) is 10.3 Å². The maximum Gasteiger partial charge on any atom is 0.416 e. The van der Waals surface area contributed by atoms with Crippen LogP contribution in [0.5, 0.6) is 0 Å². The van der Waals surface area contributed by atoms with Gasteiger partial charge in [0.05, 0.1) is 11.3 Å². The average Bonchev–Trinajstić information content (AvgIpc) is 2.96. The molecule has 1 N–H and O–H groups in total. The highest BCUT2D eigenvalue weighted by Gasteiger charge is 2.30. The van der Waals surface area contributed by atoms with E-state index < -0.39 is 11.7 Å². The second-order valence-corrected chi connectivity index (χ2v) is 5.47. The minimum atomic E-state index is -4.37. The van der Waals surface area contributed by atoms with Crippen LogP contribution in [0.4, 0.5) is 18.9 Å². The van der Waals surface area contributed by atoms with Crippen LogP contribution in [-0.4, -0.2) is 16.6 Å². The summed E-state index contributed by atoms with van der Waals surface area (Å²) in [6.45, 7) is 0. The lowest BCUT2D eigenvalue weighted by Gasteiger charge is -2.07. The lowest BCUT2D eigenvalue weighted by Crippen LogP contribution is -2.04. The fraction of sp³-hybridized carbons (Fsp3) is 0.167. The fourth-order valence-corrected chi connectivity index (χ4v) is 2.54. The van der Waals surface area contributed by atoms with Gasteiger partial charge in [-0.3, -0.25) is 0 Å². The van der Waals surface area contributed by atoms with E-state index in [-0.39, 0.29) is 0 Å². The zero-order chi connectivity index (χ0) is 17.3. The van der Waals surface area contributed by atoms with Gasteiger partial charge in [-0.1, -0.05) is 24.3 Å². The van der Waals surface area contributed by atoms with Crippen molar-refractivity contribution in [3.8, 4) is 22.6 Å². The Balaban J connectivity index is 2.03. The Morgan fingerprint density at radius 1 is 1.00 bits per heavy atom. The molecular weight excluding hydrogens is 315 g/mol. The number of hydrogen-bond donors (Lipinski definition) is 1. The number of halogens is 3. The second kappa shape index (κ2) is 6.03. The van der Waals surface area contributed by atoms with Crippen LogP contribution in [0.2, 0.25) is 0 Å². The lowest BCUT2D eigenvalue weighted by atomic mass is 10.1. The molecule has 1 heterocycles. The summed E-state index contributed by atoms with van der Waals surface area (Å²) in [5.41, 5.74) is 2.10. The zero-order valence-corrected chi connectivity index (χ0v) is 13.2. The quantitative estimate of drug-likeness (QED) is 0.746. The first-order valence-corrected chi connectivity index (χ1v) is 7.37. The summed E-state index contributed by atoms with van der Waals surface area (Å²) in [6.07, 6.45) is -2.63. The first-order valence-electron chi connectivity index (χ1n) is 7.37. The molecule has 1 aromatic heterocycles. The van der Waals surface area contributed by atoms with Crippen LogP contribution in [0.3, 0.4) is 0 Å². The van der Waals surface area contributed by atoms with Gasteiger partial charge in [0.1, 0.15) is 5.82 Å². The highest BCUT2D eigenvalue weighted by atomic mass is 19.4. The van der Waals surface area contributed by atoms with Crippen LogP contribution in [0, 0.1) is 0 Å². The maximum absolute atomic E-state index is 12.9. The highest BCUT2D eigenvalue weighted by molar-refractivity contribution is 5.68. The molecule has 3 nitrogen and oxygen atoms in total. The smallest absolute Gasteiger partial charge is 0.388 e. The van der Waals surface area contributed by atoms with Gasteiger partial charge in [0.25, 0.3) is 0 Å². The Bertz CT molecular complexity index is 866. The largest absolute Gasteiger partial charge is 0.416 e. The van der Waals surface area contributed by atoms with Crippen LogP contribution in [0.15, 0.2) is 54.7 Å². The minimum Gasteiger partial charge on any atom is -0.388 e. The molecule has 0 unspecified atom stereocenters. The van der Waals surface area contributed by atoms with Crippen LogP contribution in [-0.2, 0) is 13.2 Å². The standard InChI is InChI=1S/C18H16F3N3/c1-22-15-8-4-6-13(10-15)17-23-16(11-24(17)2)12-5-3-7-14(9-12)18(19,20)21/h3-11,22H,1-2H3. The van der Waals surface area contributed by atoms with E-state index in [1.807, 2.05) is 42.9 Å². The number of imidazole rings is 1. The van der Waals surface area contributed by atoms with Gasteiger partial charge >= 0.3 is 6.18 Å². The van der Waals surface area contributed by atoms with Gasteiger partial charge in [-0.05, 0) is 24.3 Å². The molecule has 0 fully saturated rings. The van der Waals surface area contributed by atoms with Gasteiger partial charge in [-0.2, -0.15) is 13.2 Å². The number of hydrogen-bond acceptors (Lipinski definition) is 2. The monoisotopic (exact) mass is 331 g/mol. The molecule has 0 saturated carbocycles. The first-order chi connectivity index (χ1) is 11.4. The summed E-state index contributed by atoms with van der Waals surface area (Å²) in [5.74, 6) is 0.694. The summed E-state index contributed by atoms with van der Waals surface area (Å²) in [7, 11) is 3.65.